The lowest BCUT2D eigenvalue weighted by Gasteiger charge is -2.46. The Hall–Kier alpha value is -1.72. The Morgan fingerprint density at radius 1 is 1.20 bits per heavy atom. The maximum atomic E-state index is 14.5. The van der Waals surface area contributed by atoms with Gasteiger partial charge < -0.3 is 14.8 Å². The number of nitrogens with one attached hydrogen (secondary N) is 1. The maximum absolute atomic E-state index is 14.5. The molecule has 0 amide bonds. The van der Waals surface area contributed by atoms with E-state index in [0.717, 1.165) is 11.3 Å². The van der Waals surface area contributed by atoms with Crippen molar-refractivity contribution in [3.8, 4) is 0 Å². The first kappa shape index (κ1) is 16.7. The summed E-state index contributed by atoms with van der Waals surface area (Å²) in [4.78, 5) is 0. The van der Waals surface area contributed by atoms with Crippen molar-refractivity contribution in [3.05, 3.63) is 53.4 Å². The molecule has 4 rings (SSSR count). The van der Waals surface area contributed by atoms with Crippen LogP contribution in [-0.2, 0) is 9.47 Å². The first-order valence-electron chi connectivity index (χ1n) is 8.88. The minimum Gasteiger partial charge on any atom is -0.378 e. The van der Waals surface area contributed by atoms with Gasteiger partial charge in [0, 0.05) is 11.3 Å². The molecule has 3 aliphatic rings. The number of hydrogen-bond donors (Lipinski definition) is 1. The maximum Gasteiger partial charge on any atom is 0.130 e. The molecule has 0 saturated carbocycles. The fourth-order valence-electron chi connectivity index (χ4n) is 3.97. The van der Waals surface area contributed by atoms with E-state index < -0.39 is 30.1 Å². The molecular formula is C20H23F2NO2. The highest BCUT2D eigenvalue weighted by molar-refractivity contribution is 5.58. The summed E-state index contributed by atoms with van der Waals surface area (Å²) < 4.78 is 40.8. The van der Waals surface area contributed by atoms with Gasteiger partial charge in [0.05, 0.1) is 25.2 Å². The van der Waals surface area contributed by atoms with Crippen molar-refractivity contribution < 1.29 is 18.3 Å². The summed E-state index contributed by atoms with van der Waals surface area (Å²) in [5.74, 6) is -0.968. The topological polar surface area (TPSA) is 30.5 Å². The Kier molecular flexibility index (Phi) is 4.38. The molecule has 1 N–H and O–H groups in total. The third-order valence-electron chi connectivity index (χ3n) is 5.31. The minimum absolute atomic E-state index is 0.306. The number of anilines is 1. The molecular weight excluding hydrogens is 324 g/mol. The predicted octanol–water partition coefficient (Wildman–Crippen LogP) is 4.44. The lowest BCUT2D eigenvalue weighted by atomic mass is 9.79. The number of allylic oxidation sites excluding steroid dienone is 3. The van der Waals surface area contributed by atoms with Crippen molar-refractivity contribution in [2.24, 2.45) is 5.92 Å². The molecule has 1 aliphatic carbocycles. The molecule has 134 valence electrons. The highest BCUT2D eigenvalue weighted by Crippen LogP contribution is 2.44. The summed E-state index contributed by atoms with van der Waals surface area (Å²) in [6.07, 6.45) is 2.05. The summed E-state index contributed by atoms with van der Waals surface area (Å²) in [5.41, 5.74) is 3.09. The van der Waals surface area contributed by atoms with Gasteiger partial charge >= 0.3 is 0 Å². The molecule has 3 nitrogen and oxygen atoms in total. The van der Waals surface area contributed by atoms with Crippen molar-refractivity contribution >= 4 is 5.69 Å². The first-order chi connectivity index (χ1) is 12.1. The molecule has 0 aromatic heterocycles. The highest BCUT2D eigenvalue weighted by atomic mass is 19.1. The lowest BCUT2D eigenvalue weighted by molar-refractivity contribution is -0.156. The standard InChI is InChI=1S/C20H23F2NO2/c1-11(2)12-6-7-16-13(10-12)19-20(25-9-8-24-19)18(23-16)17-14(21)4-3-5-15(17)22/h3-7,10-11,14,17-20,23H,8-9H2,1-2H3/t14?,17?,18-,19+,20-/m0/s1. The van der Waals surface area contributed by atoms with Gasteiger partial charge in [0.1, 0.15) is 24.2 Å². The summed E-state index contributed by atoms with van der Waals surface area (Å²) in [7, 11) is 0. The number of benzene rings is 1. The third kappa shape index (κ3) is 2.89. The molecule has 2 unspecified atom stereocenters. The molecule has 5 heteroatoms. The van der Waals surface area contributed by atoms with Gasteiger partial charge in [-0.1, -0.05) is 32.1 Å². The Morgan fingerprint density at radius 2 is 2.00 bits per heavy atom. The highest BCUT2D eigenvalue weighted by Gasteiger charge is 2.47. The number of alkyl halides is 1. The SMILES string of the molecule is CC(C)c1ccc2c(c1)[C@H]1OCCO[C@H]1[C@H](C1C(F)=CC=CC1F)N2. The summed E-state index contributed by atoms with van der Waals surface area (Å²) in [6.45, 7) is 5.20. The van der Waals surface area contributed by atoms with E-state index in [1.165, 1.54) is 23.8 Å². The number of halogens is 2. The third-order valence-corrected chi connectivity index (χ3v) is 5.31. The van der Waals surface area contributed by atoms with E-state index in [2.05, 4.69) is 31.3 Å². The molecule has 1 aromatic rings. The van der Waals surface area contributed by atoms with Crippen LogP contribution in [0.4, 0.5) is 14.5 Å². The van der Waals surface area contributed by atoms with E-state index in [1.807, 2.05) is 6.07 Å². The van der Waals surface area contributed by atoms with E-state index in [0.29, 0.717) is 19.1 Å². The molecule has 2 heterocycles. The minimum atomic E-state index is -1.38. The molecule has 1 aromatic carbocycles. The zero-order valence-electron chi connectivity index (χ0n) is 14.4. The van der Waals surface area contributed by atoms with Gasteiger partial charge in [-0.2, -0.15) is 0 Å². The fourth-order valence-corrected chi connectivity index (χ4v) is 3.97. The van der Waals surface area contributed by atoms with E-state index in [-0.39, 0.29) is 6.10 Å². The smallest absolute Gasteiger partial charge is 0.130 e. The average molecular weight is 347 g/mol. The number of fused-ring (bicyclic) bond motifs is 3. The van der Waals surface area contributed by atoms with E-state index in [9.17, 15) is 8.78 Å². The van der Waals surface area contributed by atoms with Crippen LogP contribution in [0.5, 0.6) is 0 Å². The molecule has 0 spiro atoms. The van der Waals surface area contributed by atoms with Crippen molar-refractivity contribution in [2.75, 3.05) is 18.5 Å². The van der Waals surface area contributed by atoms with Gasteiger partial charge in [0.15, 0.2) is 0 Å². The van der Waals surface area contributed by atoms with Gasteiger partial charge in [-0.15, -0.1) is 0 Å². The largest absolute Gasteiger partial charge is 0.378 e. The van der Waals surface area contributed by atoms with Gasteiger partial charge in [-0.3, -0.25) is 0 Å². The van der Waals surface area contributed by atoms with Crippen LogP contribution in [0, 0.1) is 5.92 Å². The van der Waals surface area contributed by atoms with Crippen LogP contribution in [0.15, 0.2) is 42.3 Å². The Balaban J connectivity index is 1.74. The molecule has 1 fully saturated rings. The van der Waals surface area contributed by atoms with Crippen molar-refractivity contribution in [1.82, 2.24) is 0 Å². The lowest BCUT2D eigenvalue weighted by Crippen LogP contribution is -2.53. The Morgan fingerprint density at radius 3 is 2.76 bits per heavy atom. The van der Waals surface area contributed by atoms with Crippen molar-refractivity contribution in [1.29, 1.82) is 0 Å². The summed E-state index contributed by atoms with van der Waals surface area (Å²) in [5, 5.41) is 3.33. The number of ether oxygens (including phenoxy) is 2. The Labute approximate surface area is 146 Å². The second-order valence-corrected chi connectivity index (χ2v) is 7.20. The van der Waals surface area contributed by atoms with Crippen molar-refractivity contribution in [2.45, 2.75) is 44.2 Å². The second kappa shape index (κ2) is 6.54. The second-order valence-electron chi connectivity index (χ2n) is 7.20. The zero-order chi connectivity index (χ0) is 17.6. The Bertz CT molecular complexity index is 716. The van der Waals surface area contributed by atoms with E-state index >= 15 is 0 Å². The average Bonchev–Trinajstić information content (AvgIpc) is 2.61. The molecule has 5 atom stereocenters. The molecule has 0 radical (unpaired) electrons. The molecule has 2 aliphatic heterocycles. The van der Waals surface area contributed by atoms with Gasteiger partial charge in [-0.05, 0) is 29.7 Å². The number of rotatable bonds is 2. The molecule has 0 bridgehead atoms. The van der Waals surface area contributed by atoms with Gasteiger partial charge in [-0.25, -0.2) is 8.78 Å². The normalized spacial score (nSPS) is 34.1. The number of hydrogen-bond acceptors (Lipinski definition) is 3. The van der Waals surface area contributed by atoms with E-state index in [1.54, 1.807) is 0 Å². The van der Waals surface area contributed by atoms with E-state index in [4.69, 9.17) is 9.47 Å². The van der Waals surface area contributed by atoms with Crippen LogP contribution < -0.4 is 5.32 Å². The van der Waals surface area contributed by atoms with Crippen LogP contribution in [0.1, 0.15) is 37.0 Å². The summed E-state index contributed by atoms with van der Waals surface area (Å²) >= 11 is 0. The fraction of sp³-hybridized carbons (Fsp3) is 0.500. The zero-order valence-corrected chi connectivity index (χ0v) is 14.4. The first-order valence-corrected chi connectivity index (χ1v) is 8.88. The van der Waals surface area contributed by atoms with Gasteiger partial charge in [0.2, 0.25) is 0 Å². The summed E-state index contributed by atoms with van der Waals surface area (Å²) in [6, 6.07) is 5.64. The molecule has 1 saturated heterocycles. The van der Waals surface area contributed by atoms with Gasteiger partial charge in [0.25, 0.3) is 0 Å². The quantitative estimate of drug-likeness (QED) is 0.858. The van der Waals surface area contributed by atoms with Crippen LogP contribution in [0.2, 0.25) is 0 Å². The molecule has 25 heavy (non-hydrogen) atoms. The predicted molar refractivity (Wildman–Crippen MR) is 93.1 cm³/mol. The van der Waals surface area contributed by atoms with Crippen LogP contribution >= 0.6 is 0 Å². The van der Waals surface area contributed by atoms with Crippen LogP contribution in [0.25, 0.3) is 0 Å². The monoisotopic (exact) mass is 347 g/mol. The van der Waals surface area contributed by atoms with Crippen LogP contribution in [-0.4, -0.2) is 31.5 Å². The van der Waals surface area contributed by atoms with Crippen LogP contribution in [0.3, 0.4) is 0 Å². The van der Waals surface area contributed by atoms with Crippen molar-refractivity contribution in [3.63, 3.8) is 0 Å².